The fraction of sp³-hybridized carbons (Fsp3) is 0.500. The standard InChI is InChI=1S/C24H33N5O4S.ClH/c1-14-20(34-13-27-14)16-7-5-15(6-8-16)11-26-22(32)18-9-17(30)12-29(18)23(33)21(24(2,3)4)28-19(31)10-25;/h5-8,13,17-18,21,30H,9-12,25H2,1-4H3,(H,26,32)(H,28,31);1H/t17-,18+,21-;/m1./s1. The molecular formula is C24H34ClN5O4S. The number of amides is 3. The van der Waals surface area contributed by atoms with Gasteiger partial charge in [0.25, 0.3) is 0 Å². The maximum absolute atomic E-state index is 13.3. The summed E-state index contributed by atoms with van der Waals surface area (Å²) in [6.07, 6.45) is -0.671. The summed E-state index contributed by atoms with van der Waals surface area (Å²) in [7, 11) is 0. The molecule has 3 rings (SSSR count). The van der Waals surface area contributed by atoms with Crippen LogP contribution in [0, 0.1) is 12.3 Å². The summed E-state index contributed by atoms with van der Waals surface area (Å²) in [6, 6.07) is 6.18. The van der Waals surface area contributed by atoms with Crippen molar-refractivity contribution in [1.82, 2.24) is 20.5 Å². The molecule has 1 aromatic heterocycles. The van der Waals surface area contributed by atoms with Gasteiger partial charge in [0, 0.05) is 19.5 Å². The number of carbonyl (C=O) groups is 3. The highest BCUT2D eigenvalue weighted by Crippen LogP contribution is 2.28. The van der Waals surface area contributed by atoms with Crippen LogP contribution < -0.4 is 16.4 Å². The predicted octanol–water partition coefficient (Wildman–Crippen LogP) is 1.61. The highest BCUT2D eigenvalue weighted by molar-refractivity contribution is 7.13. The largest absolute Gasteiger partial charge is 0.391 e. The van der Waals surface area contributed by atoms with Gasteiger partial charge in [-0.05, 0) is 23.5 Å². The first kappa shape index (κ1) is 28.7. The molecular weight excluding hydrogens is 490 g/mol. The lowest BCUT2D eigenvalue weighted by Gasteiger charge is -2.35. The van der Waals surface area contributed by atoms with Crippen LogP contribution in [0.15, 0.2) is 29.8 Å². The van der Waals surface area contributed by atoms with Crippen LogP contribution in [0.2, 0.25) is 0 Å². The van der Waals surface area contributed by atoms with Gasteiger partial charge in [-0.1, -0.05) is 45.0 Å². The zero-order valence-corrected chi connectivity index (χ0v) is 22.0. The molecule has 1 aliphatic rings. The first-order valence-corrected chi connectivity index (χ1v) is 12.1. The molecule has 192 valence electrons. The van der Waals surface area contributed by atoms with E-state index < -0.39 is 35.4 Å². The molecule has 0 spiro atoms. The van der Waals surface area contributed by atoms with Crippen LogP contribution in [0.5, 0.6) is 0 Å². The Hall–Kier alpha value is -2.53. The number of carbonyl (C=O) groups excluding carboxylic acids is 3. The van der Waals surface area contributed by atoms with E-state index in [-0.39, 0.29) is 37.8 Å². The zero-order chi connectivity index (χ0) is 25.0. The van der Waals surface area contributed by atoms with Crippen LogP contribution in [0.3, 0.4) is 0 Å². The van der Waals surface area contributed by atoms with E-state index in [2.05, 4.69) is 15.6 Å². The molecule has 1 aliphatic heterocycles. The lowest BCUT2D eigenvalue weighted by molar-refractivity contribution is -0.143. The molecule has 0 aliphatic carbocycles. The number of aromatic nitrogens is 1. The molecule has 0 radical (unpaired) electrons. The number of nitrogens with two attached hydrogens (primary N) is 1. The number of nitrogens with one attached hydrogen (secondary N) is 2. The quantitative estimate of drug-likeness (QED) is 0.435. The van der Waals surface area contributed by atoms with E-state index in [1.807, 2.05) is 57.5 Å². The maximum atomic E-state index is 13.3. The summed E-state index contributed by atoms with van der Waals surface area (Å²) in [6.45, 7) is 7.53. The lowest BCUT2D eigenvalue weighted by Crippen LogP contribution is -2.58. The van der Waals surface area contributed by atoms with E-state index in [0.29, 0.717) is 6.54 Å². The van der Waals surface area contributed by atoms with Gasteiger partial charge in [0.15, 0.2) is 0 Å². The minimum Gasteiger partial charge on any atom is -0.391 e. The van der Waals surface area contributed by atoms with Crippen molar-refractivity contribution in [3.05, 3.63) is 41.0 Å². The van der Waals surface area contributed by atoms with E-state index in [1.165, 1.54) is 4.90 Å². The number of aliphatic hydroxyl groups is 1. The van der Waals surface area contributed by atoms with Crippen LogP contribution >= 0.6 is 23.7 Å². The van der Waals surface area contributed by atoms with Gasteiger partial charge in [-0.25, -0.2) is 4.98 Å². The van der Waals surface area contributed by atoms with Gasteiger partial charge >= 0.3 is 0 Å². The molecule has 5 N–H and O–H groups in total. The summed E-state index contributed by atoms with van der Waals surface area (Å²) in [5, 5.41) is 15.8. The number of thiazole rings is 1. The Labute approximate surface area is 215 Å². The number of hydrogen-bond donors (Lipinski definition) is 4. The van der Waals surface area contributed by atoms with Crippen LogP contribution in [0.1, 0.15) is 38.4 Å². The Morgan fingerprint density at radius 3 is 2.46 bits per heavy atom. The topological polar surface area (TPSA) is 138 Å². The van der Waals surface area contributed by atoms with Gasteiger partial charge in [-0.15, -0.1) is 23.7 Å². The minimum atomic E-state index is -0.869. The molecule has 35 heavy (non-hydrogen) atoms. The Morgan fingerprint density at radius 1 is 1.26 bits per heavy atom. The van der Waals surface area contributed by atoms with Gasteiger partial charge in [0.1, 0.15) is 12.1 Å². The normalized spacial score (nSPS) is 18.5. The second-order valence-corrected chi connectivity index (χ2v) is 10.5. The number of rotatable bonds is 7. The van der Waals surface area contributed by atoms with E-state index >= 15 is 0 Å². The number of benzene rings is 1. The van der Waals surface area contributed by atoms with Crippen LogP contribution in [0.4, 0.5) is 0 Å². The molecule has 9 nitrogen and oxygen atoms in total. The summed E-state index contributed by atoms with van der Waals surface area (Å²) < 4.78 is 0. The van der Waals surface area contributed by atoms with Crippen molar-refractivity contribution in [2.24, 2.45) is 11.1 Å². The Kier molecular flexibility index (Phi) is 9.79. The number of aryl methyl sites for hydroxylation is 1. The number of nitrogens with zero attached hydrogens (tertiary/aromatic N) is 2. The van der Waals surface area contributed by atoms with Crippen molar-refractivity contribution in [3.8, 4) is 10.4 Å². The second kappa shape index (κ2) is 11.9. The van der Waals surface area contributed by atoms with Crippen molar-refractivity contribution >= 4 is 41.5 Å². The van der Waals surface area contributed by atoms with Crippen molar-refractivity contribution < 1.29 is 19.5 Å². The van der Waals surface area contributed by atoms with E-state index in [4.69, 9.17) is 5.73 Å². The number of aliphatic hydroxyl groups excluding tert-OH is 1. The third-order valence-corrected chi connectivity index (χ3v) is 6.87. The van der Waals surface area contributed by atoms with Gasteiger partial charge in [0.05, 0.1) is 28.7 Å². The number of β-amino-alcohol motifs (C(OH)–C–C–N with tert-alkyl or cyclic N) is 1. The van der Waals surface area contributed by atoms with Gasteiger partial charge in [-0.2, -0.15) is 0 Å². The lowest BCUT2D eigenvalue weighted by atomic mass is 9.85. The van der Waals surface area contributed by atoms with Crippen molar-refractivity contribution in [3.63, 3.8) is 0 Å². The minimum absolute atomic E-state index is 0. The van der Waals surface area contributed by atoms with E-state index in [1.54, 1.807) is 11.3 Å². The zero-order valence-electron chi connectivity index (χ0n) is 20.4. The van der Waals surface area contributed by atoms with Gasteiger partial charge < -0.3 is 26.4 Å². The monoisotopic (exact) mass is 523 g/mol. The molecule has 0 saturated carbocycles. The first-order chi connectivity index (χ1) is 16.0. The summed E-state index contributed by atoms with van der Waals surface area (Å²) in [4.78, 5) is 45.0. The highest BCUT2D eigenvalue weighted by Gasteiger charge is 2.44. The molecule has 2 aromatic rings. The Bertz CT molecular complexity index is 1040. The van der Waals surface area contributed by atoms with Gasteiger partial charge in [-0.3, -0.25) is 14.4 Å². The number of hydrogen-bond acceptors (Lipinski definition) is 7. The molecule has 2 heterocycles. The SMILES string of the molecule is Cc1ncsc1-c1ccc(CNC(=O)[C@@H]2C[C@@H](O)CN2C(=O)[C@@H](NC(=O)CN)C(C)(C)C)cc1.Cl. The van der Waals surface area contributed by atoms with Gasteiger partial charge in [0.2, 0.25) is 17.7 Å². The van der Waals surface area contributed by atoms with Crippen LogP contribution in [-0.4, -0.2) is 64.0 Å². The highest BCUT2D eigenvalue weighted by atomic mass is 35.5. The smallest absolute Gasteiger partial charge is 0.246 e. The van der Waals surface area contributed by atoms with Crippen molar-refractivity contribution in [2.45, 2.75) is 58.8 Å². The molecule has 1 fully saturated rings. The van der Waals surface area contributed by atoms with Crippen molar-refractivity contribution in [1.29, 1.82) is 0 Å². The molecule has 11 heteroatoms. The van der Waals surface area contributed by atoms with Crippen LogP contribution in [0.25, 0.3) is 10.4 Å². The maximum Gasteiger partial charge on any atom is 0.246 e. The average molecular weight is 524 g/mol. The third-order valence-electron chi connectivity index (χ3n) is 5.90. The number of likely N-dealkylation sites (tertiary alicyclic amines) is 1. The van der Waals surface area contributed by atoms with Crippen molar-refractivity contribution in [2.75, 3.05) is 13.1 Å². The summed E-state index contributed by atoms with van der Waals surface area (Å²) >= 11 is 1.58. The number of halogens is 1. The summed E-state index contributed by atoms with van der Waals surface area (Å²) in [5.74, 6) is -1.20. The second-order valence-electron chi connectivity index (χ2n) is 9.65. The molecule has 0 bridgehead atoms. The summed E-state index contributed by atoms with van der Waals surface area (Å²) in [5.41, 5.74) is 9.58. The molecule has 1 aromatic carbocycles. The van der Waals surface area contributed by atoms with Crippen LogP contribution in [-0.2, 0) is 20.9 Å². The average Bonchev–Trinajstić information content (AvgIpc) is 3.40. The first-order valence-electron chi connectivity index (χ1n) is 11.3. The fourth-order valence-corrected chi connectivity index (χ4v) is 4.81. The Morgan fingerprint density at radius 2 is 1.91 bits per heavy atom. The fourth-order valence-electron chi connectivity index (χ4n) is 4.00. The molecule has 3 atom stereocenters. The predicted molar refractivity (Wildman–Crippen MR) is 138 cm³/mol. The third kappa shape index (κ3) is 7.00. The van der Waals surface area contributed by atoms with E-state index in [9.17, 15) is 19.5 Å². The van der Waals surface area contributed by atoms with E-state index in [0.717, 1.165) is 21.7 Å². The Balaban J connectivity index is 0.00000432. The molecule has 0 unspecified atom stereocenters. The molecule has 1 saturated heterocycles. The molecule has 3 amide bonds.